The molecule has 8 heteroatoms. The zero-order valence-electron chi connectivity index (χ0n) is 11.3. The van der Waals surface area contributed by atoms with Gasteiger partial charge >= 0.3 is 0 Å². The quantitative estimate of drug-likeness (QED) is 0.687. The maximum Gasteiger partial charge on any atom is 0.176 e. The number of hydrogen-bond acceptors (Lipinski definition) is 8. The molecule has 0 saturated carbocycles. The van der Waals surface area contributed by atoms with Crippen molar-refractivity contribution in [3.05, 3.63) is 22.4 Å². The van der Waals surface area contributed by atoms with Gasteiger partial charge in [0.1, 0.15) is 16.0 Å². The Hall–Kier alpha value is -1.25. The van der Waals surface area contributed by atoms with E-state index in [1.165, 1.54) is 0 Å². The van der Waals surface area contributed by atoms with Crippen molar-refractivity contribution >= 4 is 50.6 Å². The van der Waals surface area contributed by atoms with Crippen LogP contribution in [0.25, 0.3) is 10.3 Å². The number of aromatic nitrogens is 4. The van der Waals surface area contributed by atoms with E-state index in [9.17, 15) is 0 Å². The third kappa shape index (κ3) is 2.63. The van der Waals surface area contributed by atoms with Gasteiger partial charge < -0.3 is 4.90 Å². The standard InChI is InChI=1S/C12H13N5S3/c1-7-5-19-8(15-7)4-17(2)11-9-10(13-6-14-11)16-12(18-3)20-9/h5-6H,4H2,1-3H3. The van der Waals surface area contributed by atoms with Crippen molar-refractivity contribution in [1.82, 2.24) is 19.9 Å². The van der Waals surface area contributed by atoms with E-state index >= 15 is 0 Å². The molecule has 3 aromatic rings. The summed E-state index contributed by atoms with van der Waals surface area (Å²) in [6.07, 6.45) is 3.60. The molecule has 104 valence electrons. The Morgan fingerprint density at radius 3 is 2.85 bits per heavy atom. The summed E-state index contributed by atoms with van der Waals surface area (Å²) < 4.78 is 2.05. The summed E-state index contributed by atoms with van der Waals surface area (Å²) in [6, 6.07) is 0. The summed E-state index contributed by atoms with van der Waals surface area (Å²) in [5.41, 5.74) is 1.83. The lowest BCUT2D eigenvalue weighted by Crippen LogP contribution is -2.17. The fraction of sp³-hybridized carbons (Fsp3) is 0.333. The first-order valence-corrected chi connectivity index (χ1v) is 8.87. The number of nitrogens with zero attached hydrogens (tertiary/aromatic N) is 5. The molecule has 0 amide bonds. The Labute approximate surface area is 129 Å². The summed E-state index contributed by atoms with van der Waals surface area (Å²) in [7, 11) is 2.02. The van der Waals surface area contributed by atoms with E-state index in [0.29, 0.717) is 0 Å². The summed E-state index contributed by atoms with van der Waals surface area (Å²) in [6.45, 7) is 2.76. The first kappa shape index (κ1) is 13.7. The summed E-state index contributed by atoms with van der Waals surface area (Å²) in [4.78, 5) is 19.7. The number of fused-ring (bicyclic) bond motifs is 1. The second-order valence-corrected chi connectivity index (χ2v) is 7.27. The number of thioether (sulfide) groups is 1. The van der Waals surface area contributed by atoms with Crippen molar-refractivity contribution in [2.45, 2.75) is 17.8 Å². The number of aryl methyl sites for hydroxylation is 1. The third-order valence-electron chi connectivity index (χ3n) is 2.73. The Balaban J connectivity index is 1.94. The minimum Gasteiger partial charge on any atom is -0.352 e. The van der Waals surface area contributed by atoms with E-state index < -0.39 is 0 Å². The second-order valence-electron chi connectivity index (χ2n) is 4.27. The molecule has 0 atom stereocenters. The lowest BCUT2D eigenvalue weighted by Gasteiger charge is -2.16. The maximum atomic E-state index is 4.49. The molecule has 0 aliphatic rings. The lowest BCUT2D eigenvalue weighted by atomic mass is 10.4. The van der Waals surface area contributed by atoms with E-state index in [1.807, 2.05) is 20.2 Å². The summed E-state index contributed by atoms with van der Waals surface area (Å²) in [5, 5.41) is 3.16. The molecule has 0 saturated heterocycles. The Kier molecular flexibility index (Phi) is 3.86. The fourth-order valence-electron chi connectivity index (χ4n) is 1.84. The Bertz CT molecular complexity index is 736. The van der Waals surface area contributed by atoms with Crippen molar-refractivity contribution in [3.8, 4) is 0 Å². The van der Waals surface area contributed by atoms with Gasteiger partial charge in [-0.2, -0.15) is 0 Å². The van der Waals surface area contributed by atoms with Crippen LogP contribution in [0.2, 0.25) is 0 Å². The monoisotopic (exact) mass is 323 g/mol. The van der Waals surface area contributed by atoms with Crippen molar-refractivity contribution in [3.63, 3.8) is 0 Å². The van der Waals surface area contributed by atoms with Crippen LogP contribution < -0.4 is 4.90 Å². The molecule has 3 heterocycles. The summed E-state index contributed by atoms with van der Waals surface area (Å²) >= 11 is 4.94. The average Bonchev–Trinajstić information content (AvgIpc) is 3.03. The van der Waals surface area contributed by atoms with Crippen LogP contribution in [-0.2, 0) is 6.54 Å². The first-order chi connectivity index (χ1) is 9.67. The molecule has 0 N–H and O–H groups in total. The van der Waals surface area contributed by atoms with E-state index in [0.717, 1.165) is 37.8 Å². The largest absolute Gasteiger partial charge is 0.352 e. The van der Waals surface area contributed by atoms with Gasteiger partial charge in [-0.05, 0) is 13.2 Å². The van der Waals surface area contributed by atoms with Gasteiger partial charge in [-0.1, -0.05) is 11.8 Å². The van der Waals surface area contributed by atoms with Crippen LogP contribution in [0.1, 0.15) is 10.7 Å². The molecule has 0 bridgehead atoms. The van der Waals surface area contributed by atoms with Gasteiger partial charge in [0.15, 0.2) is 15.8 Å². The van der Waals surface area contributed by atoms with Crippen molar-refractivity contribution in [2.75, 3.05) is 18.2 Å². The van der Waals surface area contributed by atoms with E-state index in [1.54, 1.807) is 40.8 Å². The number of anilines is 1. The number of rotatable bonds is 4. The molecule has 0 aliphatic carbocycles. The minimum absolute atomic E-state index is 0.747. The fourth-order valence-corrected chi connectivity index (χ4v) is 4.22. The number of hydrogen-bond donors (Lipinski definition) is 0. The predicted octanol–water partition coefficient (Wildman–Crippen LogP) is 3.21. The number of thiazole rings is 2. The molecule has 3 rings (SSSR count). The van der Waals surface area contributed by atoms with Crippen molar-refractivity contribution in [1.29, 1.82) is 0 Å². The highest BCUT2D eigenvalue weighted by atomic mass is 32.2. The van der Waals surface area contributed by atoms with Crippen LogP contribution in [0.15, 0.2) is 16.0 Å². The molecule has 0 aromatic carbocycles. The van der Waals surface area contributed by atoms with Crippen LogP contribution in [0.4, 0.5) is 5.82 Å². The van der Waals surface area contributed by atoms with Gasteiger partial charge in [0, 0.05) is 18.1 Å². The predicted molar refractivity (Wildman–Crippen MR) is 85.9 cm³/mol. The Morgan fingerprint density at radius 2 is 2.15 bits per heavy atom. The van der Waals surface area contributed by atoms with Crippen LogP contribution in [0.3, 0.4) is 0 Å². The highest BCUT2D eigenvalue weighted by Gasteiger charge is 2.14. The smallest absolute Gasteiger partial charge is 0.176 e. The molecular formula is C12H13N5S3. The van der Waals surface area contributed by atoms with Crippen LogP contribution in [-0.4, -0.2) is 33.2 Å². The van der Waals surface area contributed by atoms with Gasteiger partial charge in [0.25, 0.3) is 0 Å². The van der Waals surface area contributed by atoms with Crippen LogP contribution in [0.5, 0.6) is 0 Å². The van der Waals surface area contributed by atoms with Crippen LogP contribution >= 0.6 is 34.4 Å². The van der Waals surface area contributed by atoms with Gasteiger partial charge in [-0.3, -0.25) is 0 Å². The van der Waals surface area contributed by atoms with E-state index in [-0.39, 0.29) is 0 Å². The normalized spacial score (nSPS) is 11.2. The molecule has 3 aromatic heterocycles. The Morgan fingerprint density at radius 1 is 1.30 bits per heavy atom. The zero-order valence-corrected chi connectivity index (χ0v) is 13.8. The SMILES string of the molecule is CSc1nc2ncnc(N(C)Cc3nc(C)cs3)c2s1. The maximum absolute atomic E-state index is 4.49. The van der Waals surface area contributed by atoms with Gasteiger partial charge in [-0.15, -0.1) is 22.7 Å². The average molecular weight is 323 g/mol. The molecule has 5 nitrogen and oxygen atoms in total. The molecule has 0 fully saturated rings. The van der Waals surface area contributed by atoms with Gasteiger partial charge in [0.2, 0.25) is 0 Å². The molecular weight excluding hydrogens is 310 g/mol. The lowest BCUT2D eigenvalue weighted by molar-refractivity contribution is 0.886. The highest BCUT2D eigenvalue weighted by molar-refractivity contribution is 8.00. The molecule has 0 unspecified atom stereocenters. The third-order valence-corrected chi connectivity index (χ3v) is 5.71. The highest BCUT2D eigenvalue weighted by Crippen LogP contribution is 2.32. The molecule has 0 aliphatic heterocycles. The summed E-state index contributed by atoms with van der Waals surface area (Å²) in [5.74, 6) is 0.917. The molecule has 0 spiro atoms. The second kappa shape index (κ2) is 5.63. The van der Waals surface area contributed by atoms with E-state index in [2.05, 4.69) is 30.2 Å². The van der Waals surface area contributed by atoms with Gasteiger partial charge in [-0.25, -0.2) is 19.9 Å². The molecule has 20 heavy (non-hydrogen) atoms. The van der Waals surface area contributed by atoms with Crippen molar-refractivity contribution < 1.29 is 0 Å². The minimum atomic E-state index is 0.747. The molecule has 0 radical (unpaired) electrons. The van der Waals surface area contributed by atoms with Gasteiger partial charge in [0.05, 0.1) is 6.54 Å². The first-order valence-electron chi connectivity index (χ1n) is 5.95. The zero-order chi connectivity index (χ0) is 14.1. The van der Waals surface area contributed by atoms with E-state index in [4.69, 9.17) is 0 Å². The van der Waals surface area contributed by atoms with Crippen molar-refractivity contribution in [2.24, 2.45) is 0 Å². The topological polar surface area (TPSA) is 54.8 Å². The van der Waals surface area contributed by atoms with Crippen LogP contribution in [0, 0.1) is 6.92 Å².